The standard InChI is InChI=1S/C14H15NO3S/c16-14-15-12(9-19-14)10-4-6-11(7-5-10)18-13-3-1-2-8-17-13/h4-7,9,13H,1-3,8H2,(H,15,16). The van der Waals surface area contributed by atoms with E-state index in [9.17, 15) is 4.79 Å². The van der Waals surface area contributed by atoms with E-state index in [4.69, 9.17) is 9.47 Å². The van der Waals surface area contributed by atoms with Gasteiger partial charge in [0, 0.05) is 11.8 Å². The number of aromatic amines is 1. The molecule has 1 aromatic heterocycles. The van der Waals surface area contributed by atoms with Gasteiger partial charge in [-0.3, -0.25) is 4.79 Å². The number of aromatic nitrogens is 1. The van der Waals surface area contributed by atoms with E-state index in [0.717, 1.165) is 42.9 Å². The largest absolute Gasteiger partial charge is 0.465 e. The van der Waals surface area contributed by atoms with Crippen LogP contribution in [-0.4, -0.2) is 17.9 Å². The van der Waals surface area contributed by atoms with Crippen molar-refractivity contribution in [3.63, 3.8) is 0 Å². The van der Waals surface area contributed by atoms with E-state index in [-0.39, 0.29) is 11.2 Å². The van der Waals surface area contributed by atoms with Crippen LogP contribution in [0.15, 0.2) is 34.4 Å². The number of thiazole rings is 1. The summed E-state index contributed by atoms with van der Waals surface area (Å²) in [5.41, 5.74) is 1.82. The summed E-state index contributed by atoms with van der Waals surface area (Å²) in [4.78, 5) is 13.9. The van der Waals surface area contributed by atoms with Gasteiger partial charge in [0.05, 0.1) is 12.3 Å². The van der Waals surface area contributed by atoms with Gasteiger partial charge in [0.1, 0.15) is 5.75 Å². The third kappa shape index (κ3) is 3.05. The summed E-state index contributed by atoms with van der Waals surface area (Å²) >= 11 is 1.17. The molecule has 2 aromatic rings. The molecule has 0 amide bonds. The fourth-order valence-electron chi connectivity index (χ4n) is 2.09. The third-order valence-corrected chi connectivity index (χ3v) is 3.76. The molecule has 19 heavy (non-hydrogen) atoms. The number of H-pyrrole nitrogens is 1. The van der Waals surface area contributed by atoms with Crippen molar-refractivity contribution >= 4 is 11.3 Å². The first-order chi connectivity index (χ1) is 9.31. The van der Waals surface area contributed by atoms with Crippen molar-refractivity contribution in [1.82, 2.24) is 4.98 Å². The minimum atomic E-state index is -0.124. The quantitative estimate of drug-likeness (QED) is 0.938. The maximum Gasteiger partial charge on any atom is 0.304 e. The van der Waals surface area contributed by atoms with Crippen molar-refractivity contribution in [2.24, 2.45) is 0 Å². The SMILES string of the molecule is O=c1[nH]c(-c2ccc(OC3CCCCO3)cc2)cs1. The van der Waals surface area contributed by atoms with Crippen LogP contribution >= 0.6 is 11.3 Å². The van der Waals surface area contributed by atoms with E-state index in [0.29, 0.717) is 0 Å². The molecular formula is C14H15NO3S. The van der Waals surface area contributed by atoms with Gasteiger partial charge in [0.25, 0.3) is 0 Å². The Hall–Kier alpha value is -1.59. The van der Waals surface area contributed by atoms with E-state index in [2.05, 4.69) is 4.98 Å². The molecule has 0 bridgehead atoms. The van der Waals surface area contributed by atoms with Crippen LogP contribution in [0.5, 0.6) is 5.75 Å². The fourth-order valence-corrected chi connectivity index (χ4v) is 2.68. The van der Waals surface area contributed by atoms with Crippen molar-refractivity contribution in [3.05, 3.63) is 39.3 Å². The van der Waals surface area contributed by atoms with Crippen LogP contribution in [0, 0.1) is 0 Å². The molecule has 4 nitrogen and oxygen atoms in total. The second-order valence-electron chi connectivity index (χ2n) is 4.50. The molecule has 0 saturated carbocycles. The molecular weight excluding hydrogens is 262 g/mol. The number of hydrogen-bond donors (Lipinski definition) is 1. The van der Waals surface area contributed by atoms with E-state index in [1.54, 1.807) is 0 Å². The lowest BCUT2D eigenvalue weighted by Crippen LogP contribution is -2.24. The molecule has 5 heteroatoms. The van der Waals surface area contributed by atoms with Crippen LogP contribution in [0.4, 0.5) is 0 Å². The highest BCUT2D eigenvalue weighted by atomic mass is 32.1. The van der Waals surface area contributed by atoms with Crippen LogP contribution in [0.3, 0.4) is 0 Å². The van der Waals surface area contributed by atoms with Crippen molar-refractivity contribution < 1.29 is 9.47 Å². The monoisotopic (exact) mass is 277 g/mol. The predicted octanol–water partition coefficient (Wildman–Crippen LogP) is 3.01. The second-order valence-corrected chi connectivity index (χ2v) is 5.34. The summed E-state index contributed by atoms with van der Waals surface area (Å²) < 4.78 is 11.3. The lowest BCUT2D eigenvalue weighted by Gasteiger charge is -2.23. The average molecular weight is 277 g/mol. The van der Waals surface area contributed by atoms with E-state index < -0.39 is 0 Å². The van der Waals surface area contributed by atoms with Crippen molar-refractivity contribution in [1.29, 1.82) is 0 Å². The van der Waals surface area contributed by atoms with Crippen LogP contribution in [0.25, 0.3) is 11.3 Å². The Kier molecular flexibility index (Phi) is 3.66. The first-order valence-corrected chi connectivity index (χ1v) is 7.26. The summed E-state index contributed by atoms with van der Waals surface area (Å²) in [6.45, 7) is 0.777. The van der Waals surface area contributed by atoms with Gasteiger partial charge in [0.2, 0.25) is 0 Å². The number of benzene rings is 1. The van der Waals surface area contributed by atoms with Crippen LogP contribution in [0.1, 0.15) is 19.3 Å². The Balaban J connectivity index is 1.70. The Labute approximate surface area is 115 Å². The molecule has 0 radical (unpaired) electrons. The molecule has 1 aliphatic rings. The maximum absolute atomic E-state index is 11.1. The minimum absolute atomic E-state index is 0.0362. The topological polar surface area (TPSA) is 51.3 Å². The normalized spacial score (nSPS) is 19.3. The zero-order valence-electron chi connectivity index (χ0n) is 10.4. The molecule has 1 aromatic carbocycles. The van der Waals surface area contributed by atoms with Gasteiger partial charge in [-0.1, -0.05) is 11.3 Å². The van der Waals surface area contributed by atoms with Crippen LogP contribution < -0.4 is 9.61 Å². The lowest BCUT2D eigenvalue weighted by molar-refractivity contribution is -0.105. The molecule has 100 valence electrons. The molecule has 1 saturated heterocycles. The highest BCUT2D eigenvalue weighted by Crippen LogP contribution is 2.23. The van der Waals surface area contributed by atoms with E-state index >= 15 is 0 Å². The Morgan fingerprint density at radius 1 is 1.26 bits per heavy atom. The van der Waals surface area contributed by atoms with Gasteiger partial charge < -0.3 is 14.5 Å². The highest BCUT2D eigenvalue weighted by molar-refractivity contribution is 7.07. The van der Waals surface area contributed by atoms with E-state index in [1.165, 1.54) is 11.3 Å². The zero-order chi connectivity index (χ0) is 13.1. The lowest BCUT2D eigenvalue weighted by atomic mass is 10.1. The molecule has 0 aliphatic carbocycles. The van der Waals surface area contributed by atoms with E-state index in [1.807, 2.05) is 29.6 Å². The van der Waals surface area contributed by atoms with Gasteiger partial charge in [-0.05, 0) is 42.7 Å². The highest BCUT2D eigenvalue weighted by Gasteiger charge is 2.15. The van der Waals surface area contributed by atoms with Crippen LogP contribution in [-0.2, 0) is 4.74 Å². The minimum Gasteiger partial charge on any atom is -0.465 e. The molecule has 1 unspecified atom stereocenters. The van der Waals surface area contributed by atoms with Crippen LogP contribution in [0.2, 0.25) is 0 Å². The summed E-state index contributed by atoms with van der Waals surface area (Å²) in [6.07, 6.45) is 3.09. The van der Waals surface area contributed by atoms with Gasteiger partial charge in [-0.2, -0.15) is 0 Å². The number of hydrogen-bond acceptors (Lipinski definition) is 4. The number of ether oxygens (including phenoxy) is 2. The molecule has 3 rings (SSSR count). The molecule has 2 heterocycles. The molecule has 1 fully saturated rings. The summed E-state index contributed by atoms with van der Waals surface area (Å²) in [7, 11) is 0. The van der Waals surface area contributed by atoms with Gasteiger partial charge >= 0.3 is 4.87 Å². The van der Waals surface area contributed by atoms with Gasteiger partial charge in [0.15, 0.2) is 6.29 Å². The molecule has 0 spiro atoms. The van der Waals surface area contributed by atoms with Gasteiger partial charge in [-0.25, -0.2) is 0 Å². The fraction of sp³-hybridized carbons (Fsp3) is 0.357. The second kappa shape index (κ2) is 5.59. The van der Waals surface area contributed by atoms with Crippen molar-refractivity contribution in [3.8, 4) is 17.0 Å². The predicted molar refractivity (Wildman–Crippen MR) is 74.6 cm³/mol. The van der Waals surface area contributed by atoms with Crippen molar-refractivity contribution in [2.75, 3.05) is 6.61 Å². The first kappa shape index (κ1) is 12.4. The smallest absolute Gasteiger partial charge is 0.304 e. The molecule has 1 aliphatic heterocycles. The van der Waals surface area contributed by atoms with Gasteiger partial charge in [-0.15, -0.1) is 0 Å². The number of rotatable bonds is 3. The summed E-state index contributed by atoms with van der Waals surface area (Å²) in [5.74, 6) is 0.799. The Bertz CT molecular complexity index is 581. The Morgan fingerprint density at radius 3 is 2.74 bits per heavy atom. The maximum atomic E-state index is 11.1. The summed E-state index contributed by atoms with van der Waals surface area (Å²) in [5, 5.41) is 1.82. The van der Waals surface area contributed by atoms with Crippen molar-refractivity contribution in [2.45, 2.75) is 25.6 Å². The molecule has 1 atom stereocenters. The third-order valence-electron chi connectivity index (χ3n) is 3.09. The Morgan fingerprint density at radius 2 is 2.11 bits per heavy atom. The number of nitrogens with one attached hydrogen (secondary N) is 1. The first-order valence-electron chi connectivity index (χ1n) is 6.38. The average Bonchev–Trinajstić information content (AvgIpc) is 2.87. The summed E-state index contributed by atoms with van der Waals surface area (Å²) in [6, 6.07) is 7.69. The molecule has 1 N–H and O–H groups in total. The zero-order valence-corrected chi connectivity index (χ0v) is 11.2.